The zero-order chi connectivity index (χ0) is 11.9. The molecule has 0 rings (SSSR count). The van der Waals surface area contributed by atoms with Crippen molar-refractivity contribution in [2.75, 3.05) is 6.54 Å². The molecule has 0 aromatic rings. The molecule has 0 heterocycles. The van der Waals surface area contributed by atoms with Crippen molar-refractivity contribution < 1.29 is 0 Å². The highest BCUT2D eigenvalue weighted by Gasteiger charge is 2.09. The molecule has 0 fully saturated rings. The second-order valence-electron chi connectivity index (χ2n) is 5.64. The lowest BCUT2D eigenvalue weighted by molar-refractivity contribution is 0.384. The van der Waals surface area contributed by atoms with Crippen LogP contribution >= 0.6 is 0 Å². The molecule has 0 radical (unpaired) electrons. The first-order valence-electron chi connectivity index (χ1n) is 5.86. The van der Waals surface area contributed by atoms with Crippen molar-refractivity contribution in [3.63, 3.8) is 0 Å². The van der Waals surface area contributed by atoms with Gasteiger partial charge in [0.15, 0.2) is 0 Å². The van der Waals surface area contributed by atoms with E-state index in [0.29, 0.717) is 5.92 Å². The lowest BCUT2D eigenvalue weighted by Gasteiger charge is -2.22. The Balaban J connectivity index is 3.71. The summed E-state index contributed by atoms with van der Waals surface area (Å²) in [6, 6.07) is 0. The first-order chi connectivity index (χ1) is 6.81. The molecule has 0 bridgehead atoms. The molecule has 0 saturated heterocycles. The van der Waals surface area contributed by atoms with Gasteiger partial charge in [0, 0.05) is 5.54 Å². The highest BCUT2D eigenvalue weighted by Crippen LogP contribution is 2.05. The smallest absolute Gasteiger partial charge is 0.00966 e. The normalized spacial score (nSPS) is 14.3. The summed E-state index contributed by atoms with van der Waals surface area (Å²) >= 11 is 0. The monoisotopic (exact) mass is 209 g/mol. The molecule has 1 N–H and O–H groups in total. The van der Waals surface area contributed by atoms with Crippen LogP contribution in [0.3, 0.4) is 0 Å². The van der Waals surface area contributed by atoms with E-state index in [1.54, 1.807) is 0 Å². The van der Waals surface area contributed by atoms with Gasteiger partial charge in [-0.1, -0.05) is 30.7 Å². The predicted molar refractivity (Wildman–Crippen MR) is 70.1 cm³/mol. The van der Waals surface area contributed by atoms with Gasteiger partial charge in [0.2, 0.25) is 0 Å². The highest BCUT2D eigenvalue weighted by atomic mass is 14.9. The van der Waals surface area contributed by atoms with Crippen molar-refractivity contribution in [2.45, 2.75) is 53.5 Å². The number of hydrogen-bond donors (Lipinski definition) is 1. The fourth-order valence-corrected chi connectivity index (χ4v) is 1.14. The molecule has 1 atom stereocenters. The van der Waals surface area contributed by atoms with Gasteiger partial charge in [0.25, 0.3) is 0 Å². The summed E-state index contributed by atoms with van der Waals surface area (Å²) in [6.45, 7) is 14.2. The van der Waals surface area contributed by atoms with Gasteiger partial charge in [0.05, 0.1) is 0 Å². The molecular weight excluding hydrogens is 182 g/mol. The third-order valence-electron chi connectivity index (χ3n) is 2.08. The summed E-state index contributed by atoms with van der Waals surface area (Å²) < 4.78 is 0. The fraction of sp³-hybridized carbons (Fsp3) is 0.714. The quantitative estimate of drug-likeness (QED) is 0.677. The van der Waals surface area contributed by atoms with Crippen LogP contribution in [0.5, 0.6) is 0 Å². The van der Waals surface area contributed by atoms with Gasteiger partial charge >= 0.3 is 0 Å². The molecule has 15 heavy (non-hydrogen) atoms. The van der Waals surface area contributed by atoms with Crippen LogP contribution in [0.2, 0.25) is 0 Å². The van der Waals surface area contributed by atoms with Crippen molar-refractivity contribution >= 4 is 0 Å². The zero-order valence-electron chi connectivity index (χ0n) is 11.2. The summed E-state index contributed by atoms with van der Waals surface area (Å²) in [7, 11) is 0. The first-order valence-corrected chi connectivity index (χ1v) is 5.86. The Labute approximate surface area is 95.7 Å². The highest BCUT2D eigenvalue weighted by molar-refractivity contribution is 5.08. The summed E-state index contributed by atoms with van der Waals surface area (Å²) in [5.41, 5.74) is 1.59. The van der Waals surface area contributed by atoms with Crippen LogP contribution in [-0.4, -0.2) is 12.1 Å². The Morgan fingerprint density at radius 1 is 1.27 bits per heavy atom. The van der Waals surface area contributed by atoms with E-state index in [4.69, 9.17) is 0 Å². The third-order valence-corrected chi connectivity index (χ3v) is 2.08. The van der Waals surface area contributed by atoms with Crippen LogP contribution in [0.25, 0.3) is 0 Å². The van der Waals surface area contributed by atoms with Crippen LogP contribution in [0.1, 0.15) is 48.0 Å². The Morgan fingerprint density at radius 3 is 2.33 bits per heavy atom. The van der Waals surface area contributed by atoms with Crippen LogP contribution in [0.4, 0.5) is 0 Å². The number of nitrogens with one attached hydrogen (secondary N) is 1. The summed E-state index contributed by atoms with van der Waals surface area (Å²) in [6.07, 6.45) is 7.71. The molecular formula is C14H27N. The molecule has 0 spiro atoms. The van der Waals surface area contributed by atoms with E-state index in [2.05, 4.69) is 65.1 Å². The molecule has 0 aromatic carbocycles. The van der Waals surface area contributed by atoms with Crippen molar-refractivity contribution in [1.29, 1.82) is 0 Å². The van der Waals surface area contributed by atoms with Crippen LogP contribution in [0.15, 0.2) is 23.8 Å². The second-order valence-corrected chi connectivity index (χ2v) is 5.64. The minimum absolute atomic E-state index is 0.234. The molecule has 0 aliphatic carbocycles. The van der Waals surface area contributed by atoms with Crippen molar-refractivity contribution in [2.24, 2.45) is 5.92 Å². The lowest BCUT2D eigenvalue weighted by Crippen LogP contribution is -2.38. The van der Waals surface area contributed by atoms with E-state index in [1.807, 2.05) is 0 Å². The summed E-state index contributed by atoms with van der Waals surface area (Å²) in [5, 5.41) is 3.52. The molecule has 88 valence electrons. The van der Waals surface area contributed by atoms with Gasteiger partial charge < -0.3 is 5.32 Å². The van der Waals surface area contributed by atoms with E-state index in [1.165, 1.54) is 5.57 Å². The minimum Gasteiger partial charge on any atom is -0.312 e. The largest absolute Gasteiger partial charge is 0.312 e. The lowest BCUT2D eigenvalue weighted by atomic mass is 10.0. The Hall–Kier alpha value is -0.560. The standard InChI is InChI=1S/C14H27N/c1-12(2)9-7-8-10-13(3)11-15-14(4,5)6/h7-9,13,15H,10-11H2,1-6H3/b8-7-. The van der Waals surface area contributed by atoms with E-state index in [0.717, 1.165) is 13.0 Å². The molecule has 1 heteroatoms. The SMILES string of the molecule is CC(C)=C/C=C\CC(C)CNC(C)(C)C. The maximum Gasteiger partial charge on any atom is 0.00966 e. The summed E-state index contributed by atoms with van der Waals surface area (Å²) in [4.78, 5) is 0. The van der Waals surface area contributed by atoms with Crippen LogP contribution in [-0.2, 0) is 0 Å². The molecule has 0 aliphatic heterocycles. The number of allylic oxidation sites excluding steroid dienone is 4. The van der Waals surface area contributed by atoms with Gasteiger partial charge in [-0.15, -0.1) is 0 Å². The van der Waals surface area contributed by atoms with Crippen molar-refractivity contribution in [1.82, 2.24) is 5.32 Å². The van der Waals surface area contributed by atoms with Gasteiger partial charge in [-0.3, -0.25) is 0 Å². The third kappa shape index (κ3) is 11.4. The van der Waals surface area contributed by atoms with Gasteiger partial charge in [-0.25, -0.2) is 0 Å². The van der Waals surface area contributed by atoms with E-state index in [9.17, 15) is 0 Å². The van der Waals surface area contributed by atoms with E-state index >= 15 is 0 Å². The predicted octanol–water partition coefficient (Wildman–Crippen LogP) is 3.92. The van der Waals surface area contributed by atoms with Gasteiger partial charge in [0.1, 0.15) is 0 Å². The molecule has 1 nitrogen and oxygen atoms in total. The molecule has 0 aromatic heterocycles. The zero-order valence-corrected chi connectivity index (χ0v) is 11.2. The second kappa shape index (κ2) is 6.84. The minimum atomic E-state index is 0.234. The Morgan fingerprint density at radius 2 is 1.87 bits per heavy atom. The first kappa shape index (κ1) is 14.4. The molecule has 0 aliphatic rings. The van der Waals surface area contributed by atoms with Crippen LogP contribution in [0, 0.1) is 5.92 Å². The van der Waals surface area contributed by atoms with E-state index in [-0.39, 0.29) is 5.54 Å². The van der Waals surface area contributed by atoms with Gasteiger partial charge in [-0.05, 0) is 53.5 Å². The van der Waals surface area contributed by atoms with Crippen LogP contribution < -0.4 is 5.32 Å². The molecule has 0 amide bonds. The Kier molecular flexibility index (Phi) is 6.58. The number of hydrogen-bond acceptors (Lipinski definition) is 1. The van der Waals surface area contributed by atoms with Crippen molar-refractivity contribution in [3.05, 3.63) is 23.8 Å². The maximum absolute atomic E-state index is 3.52. The maximum atomic E-state index is 3.52. The Bertz CT molecular complexity index is 214. The number of rotatable bonds is 5. The average molecular weight is 209 g/mol. The average Bonchev–Trinajstić information content (AvgIpc) is 2.07. The van der Waals surface area contributed by atoms with E-state index < -0.39 is 0 Å². The molecule has 1 unspecified atom stereocenters. The summed E-state index contributed by atoms with van der Waals surface area (Å²) in [5.74, 6) is 0.700. The van der Waals surface area contributed by atoms with Crippen molar-refractivity contribution in [3.8, 4) is 0 Å². The molecule has 0 saturated carbocycles. The topological polar surface area (TPSA) is 12.0 Å². The van der Waals surface area contributed by atoms with Gasteiger partial charge in [-0.2, -0.15) is 0 Å². The fourth-order valence-electron chi connectivity index (χ4n) is 1.14.